The molecule has 2 fully saturated rings. The predicted molar refractivity (Wildman–Crippen MR) is 79.3 cm³/mol. The average Bonchev–Trinajstić information content (AvgIpc) is 3.07. The summed E-state index contributed by atoms with van der Waals surface area (Å²) in [6, 6.07) is 11.2. The number of amides is 1. The zero-order chi connectivity index (χ0) is 13.8. The number of fused-ring (bicyclic) bond motifs is 1. The van der Waals surface area contributed by atoms with E-state index in [4.69, 9.17) is 0 Å². The van der Waals surface area contributed by atoms with E-state index in [1.807, 2.05) is 30.3 Å². The summed E-state index contributed by atoms with van der Waals surface area (Å²) >= 11 is 0. The average molecular weight is 273 g/mol. The molecule has 2 aliphatic rings. The van der Waals surface area contributed by atoms with E-state index in [2.05, 4.69) is 15.5 Å². The fourth-order valence-electron chi connectivity index (χ4n) is 3.40. The number of carbonyl (C=O) groups excluding carboxylic acids is 1. The summed E-state index contributed by atoms with van der Waals surface area (Å²) in [5.74, 6) is 0.0882. The van der Waals surface area contributed by atoms with Gasteiger partial charge in [0.2, 0.25) is 5.91 Å². The summed E-state index contributed by atoms with van der Waals surface area (Å²) in [4.78, 5) is 14.4. The number of benzene rings is 1. The number of rotatable bonds is 5. The van der Waals surface area contributed by atoms with Gasteiger partial charge in [0, 0.05) is 25.2 Å². The van der Waals surface area contributed by atoms with Crippen molar-refractivity contribution in [1.29, 1.82) is 0 Å². The highest BCUT2D eigenvalue weighted by molar-refractivity contribution is 5.78. The predicted octanol–water partition coefficient (Wildman–Crippen LogP) is 1.13. The minimum absolute atomic E-state index is 0.0882. The molecule has 1 aromatic carbocycles. The zero-order valence-corrected chi connectivity index (χ0v) is 11.8. The molecule has 108 valence electrons. The third kappa shape index (κ3) is 3.19. The molecule has 0 bridgehead atoms. The fourth-order valence-corrected chi connectivity index (χ4v) is 3.40. The van der Waals surface area contributed by atoms with Crippen LogP contribution in [0.5, 0.6) is 0 Å². The Kier molecular flexibility index (Phi) is 4.33. The molecule has 0 aromatic heterocycles. The first-order valence-corrected chi connectivity index (χ1v) is 7.61. The molecular formula is C16H23N3O. The standard InChI is InChI=1S/C16H23N3O/c20-16(18-11-13-5-2-1-3-6-13)12-17-14-8-10-19-9-4-7-15(14)19/h1-3,5-6,14-15,17H,4,7-12H2,(H,18,20). The molecule has 2 atom stereocenters. The van der Waals surface area contributed by atoms with E-state index in [9.17, 15) is 4.79 Å². The molecule has 0 aliphatic carbocycles. The summed E-state index contributed by atoms with van der Waals surface area (Å²) in [5.41, 5.74) is 1.14. The Morgan fingerprint density at radius 1 is 1.20 bits per heavy atom. The molecule has 2 aliphatic heterocycles. The van der Waals surface area contributed by atoms with E-state index < -0.39 is 0 Å². The zero-order valence-electron chi connectivity index (χ0n) is 11.8. The topological polar surface area (TPSA) is 44.4 Å². The van der Waals surface area contributed by atoms with Crippen LogP contribution in [0.15, 0.2) is 30.3 Å². The first-order chi connectivity index (χ1) is 9.83. The maximum Gasteiger partial charge on any atom is 0.234 e. The second kappa shape index (κ2) is 6.37. The van der Waals surface area contributed by atoms with Crippen molar-refractivity contribution in [2.75, 3.05) is 19.6 Å². The number of nitrogens with one attached hydrogen (secondary N) is 2. The van der Waals surface area contributed by atoms with Crippen LogP contribution in [-0.2, 0) is 11.3 Å². The molecule has 2 heterocycles. The quantitative estimate of drug-likeness (QED) is 0.845. The van der Waals surface area contributed by atoms with E-state index in [-0.39, 0.29) is 5.91 Å². The van der Waals surface area contributed by atoms with Crippen molar-refractivity contribution in [2.24, 2.45) is 0 Å². The van der Waals surface area contributed by atoms with Gasteiger partial charge in [0.05, 0.1) is 6.54 Å². The molecule has 3 rings (SSSR count). The lowest BCUT2D eigenvalue weighted by molar-refractivity contribution is -0.120. The molecule has 2 N–H and O–H groups in total. The lowest BCUT2D eigenvalue weighted by Gasteiger charge is -2.21. The van der Waals surface area contributed by atoms with Crippen LogP contribution in [-0.4, -0.2) is 42.5 Å². The minimum atomic E-state index is 0.0882. The maximum absolute atomic E-state index is 11.9. The van der Waals surface area contributed by atoms with E-state index in [1.54, 1.807) is 0 Å². The molecule has 0 saturated carbocycles. The Morgan fingerprint density at radius 3 is 2.90 bits per heavy atom. The molecule has 1 aromatic rings. The van der Waals surface area contributed by atoms with Crippen LogP contribution in [0.2, 0.25) is 0 Å². The molecule has 0 radical (unpaired) electrons. The van der Waals surface area contributed by atoms with Gasteiger partial charge in [-0.25, -0.2) is 0 Å². The van der Waals surface area contributed by atoms with Crippen LogP contribution in [0.3, 0.4) is 0 Å². The van der Waals surface area contributed by atoms with Crippen LogP contribution in [0.25, 0.3) is 0 Å². The summed E-state index contributed by atoms with van der Waals surface area (Å²) in [5, 5.41) is 6.40. The number of hydrogen-bond donors (Lipinski definition) is 2. The van der Waals surface area contributed by atoms with Crippen molar-refractivity contribution >= 4 is 5.91 Å². The van der Waals surface area contributed by atoms with Gasteiger partial charge in [-0.2, -0.15) is 0 Å². The Labute approximate surface area is 120 Å². The van der Waals surface area contributed by atoms with Crippen LogP contribution in [0.1, 0.15) is 24.8 Å². The molecule has 4 heteroatoms. The first kappa shape index (κ1) is 13.6. The van der Waals surface area contributed by atoms with Crippen LogP contribution < -0.4 is 10.6 Å². The summed E-state index contributed by atoms with van der Waals surface area (Å²) in [6.45, 7) is 3.47. The maximum atomic E-state index is 11.9. The Bertz CT molecular complexity index is 448. The Morgan fingerprint density at radius 2 is 2.05 bits per heavy atom. The molecule has 4 nitrogen and oxygen atoms in total. The van der Waals surface area contributed by atoms with E-state index >= 15 is 0 Å². The van der Waals surface area contributed by atoms with Crippen molar-refractivity contribution in [3.8, 4) is 0 Å². The Balaban J connectivity index is 1.39. The van der Waals surface area contributed by atoms with E-state index in [0.29, 0.717) is 25.2 Å². The molecular weight excluding hydrogens is 250 g/mol. The molecule has 20 heavy (non-hydrogen) atoms. The van der Waals surface area contributed by atoms with Crippen LogP contribution in [0.4, 0.5) is 0 Å². The second-order valence-electron chi connectivity index (χ2n) is 5.78. The van der Waals surface area contributed by atoms with Gasteiger partial charge in [-0.05, 0) is 31.4 Å². The monoisotopic (exact) mass is 273 g/mol. The molecule has 2 unspecified atom stereocenters. The van der Waals surface area contributed by atoms with Gasteiger partial charge in [-0.3, -0.25) is 9.69 Å². The van der Waals surface area contributed by atoms with Gasteiger partial charge in [0.1, 0.15) is 0 Å². The van der Waals surface area contributed by atoms with Gasteiger partial charge >= 0.3 is 0 Å². The van der Waals surface area contributed by atoms with Gasteiger partial charge in [-0.1, -0.05) is 30.3 Å². The highest BCUT2D eigenvalue weighted by Gasteiger charge is 2.36. The van der Waals surface area contributed by atoms with E-state index in [1.165, 1.54) is 32.4 Å². The van der Waals surface area contributed by atoms with Crippen LogP contribution in [0, 0.1) is 0 Å². The molecule has 2 saturated heterocycles. The third-order valence-electron chi connectivity index (χ3n) is 4.46. The summed E-state index contributed by atoms with van der Waals surface area (Å²) in [7, 11) is 0. The first-order valence-electron chi connectivity index (χ1n) is 7.61. The summed E-state index contributed by atoms with van der Waals surface area (Å²) in [6.07, 6.45) is 3.77. The van der Waals surface area contributed by atoms with Crippen molar-refractivity contribution in [3.63, 3.8) is 0 Å². The summed E-state index contributed by atoms with van der Waals surface area (Å²) < 4.78 is 0. The van der Waals surface area contributed by atoms with Crippen molar-refractivity contribution in [3.05, 3.63) is 35.9 Å². The minimum Gasteiger partial charge on any atom is -0.351 e. The highest BCUT2D eigenvalue weighted by Crippen LogP contribution is 2.27. The number of nitrogens with zero attached hydrogens (tertiary/aromatic N) is 1. The Hall–Kier alpha value is -1.39. The SMILES string of the molecule is O=C(CNC1CCN2CCCC12)NCc1ccccc1. The lowest BCUT2D eigenvalue weighted by atomic mass is 10.1. The molecule has 0 spiro atoms. The van der Waals surface area contributed by atoms with Gasteiger partial charge in [0.15, 0.2) is 0 Å². The van der Waals surface area contributed by atoms with E-state index in [0.717, 1.165) is 5.56 Å². The van der Waals surface area contributed by atoms with Gasteiger partial charge < -0.3 is 10.6 Å². The number of carbonyl (C=O) groups is 1. The van der Waals surface area contributed by atoms with Crippen molar-refractivity contribution in [1.82, 2.24) is 15.5 Å². The smallest absolute Gasteiger partial charge is 0.234 e. The highest BCUT2D eigenvalue weighted by atomic mass is 16.1. The second-order valence-corrected chi connectivity index (χ2v) is 5.78. The van der Waals surface area contributed by atoms with Crippen molar-refractivity contribution in [2.45, 2.75) is 37.9 Å². The fraction of sp³-hybridized carbons (Fsp3) is 0.562. The third-order valence-corrected chi connectivity index (χ3v) is 4.46. The number of hydrogen-bond acceptors (Lipinski definition) is 3. The largest absolute Gasteiger partial charge is 0.351 e. The van der Waals surface area contributed by atoms with Crippen molar-refractivity contribution < 1.29 is 4.79 Å². The normalized spacial score (nSPS) is 25.6. The molecule has 1 amide bonds. The van der Waals surface area contributed by atoms with Gasteiger partial charge in [0.25, 0.3) is 0 Å². The lowest BCUT2D eigenvalue weighted by Crippen LogP contribution is -2.44. The van der Waals surface area contributed by atoms with Gasteiger partial charge in [-0.15, -0.1) is 0 Å². The van der Waals surface area contributed by atoms with Crippen LogP contribution >= 0.6 is 0 Å².